The van der Waals surface area contributed by atoms with Gasteiger partial charge in [0, 0.05) is 40.6 Å². The molecule has 3 aromatic heterocycles. The zero-order chi connectivity index (χ0) is 26.1. The Balaban J connectivity index is 1.70. The fourth-order valence-electron chi connectivity index (χ4n) is 4.15. The van der Waals surface area contributed by atoms with Gasteiger partial charge in [-0.1, -0.05) is 18.2 Å². The molecule has 0 aliphatic carbocycles. The van der Waals surface area contributed by atoms with E-state index < -0.39 is 28.3 Å². The van der Waals surface area contributed by atoms with Gasteiger partial charge in [-0.25, -0.2) is 17.4 Å². The molecule has 0 saturated carbocycles. The van der Waals surface area contributed by atoms with Crippen molar-refractivity contribution in [1.82, 2.24) is 18.7 Å². The molecule has 10 heteroatoms. The number of benzene rings is 1. The first-order chi connectivity index (χ1) is 16.7. The van der Waals surface area contributed by atoms with E-state index in [1.807, 2.05) is 44.6 Å². The first kappa shape index (κ1) is 24.7. The number of hydrogen-bond acceptors (Lipinski definition) is 6. The molecule has 1 aliphatic heterocycles. The predicted octanol–water partition coefficient (Wildman–Crippen LogP) is 4.19. The summed E-state index contributed by atoms with van der Waals surface area (Å²) in [5.41, 5.74) is 1.31. The molecule has 0 atom stereocenters. The minimum atomic E-state index is -3.90. The molecule has 0 unspecified atom stereocenters. The van der Waals surface area contributed by atoms with Gasteiger partial charge < -0.3 is 9.31 Å². The van der Waals surface area contributed by atoms with Crippen LogP contribution in [0, 0.1) is 0 Å². The topological polar surface area (TPSA) is 88.2 Å². The number of aromatic nitrogens is 4. The third-order valence-electron chi connectivity index (χ3n) is 7.05. The van der Waals surface area contributed by atoms with Gasteiger partial charge in [-0.05, 0) is 66.7 Å². The van der Waals surface area contributed by atoms with E-state index in [1.54, 1.807) is 48.9 Å². The second kappa shape index (κ2) is 8.03. The minimum Gasteiger partial charge on any atom is -0.399 e. The van der Waals surface area contributed by atoms with Crippen molar-refractivity contribution in [3.05, 3.63) is 61.2 Å². The standard InChI is InChI=1S/C26H31BN4O4S/c1-24(2,3)31-16-19(15-29-31)18-13-21-22(27-34-25(4,5)26(6,7)35-27)17-30(23(21)28-14-18)36(32,33)20-11-9-8-10-12-20/h8-17H,1-7H3. The van der Waals surface area contributed by atoms with E-state index in [0.717, 1.165) is 11.1 Å². The highest BCUT2D eigenvalue weighted by atomic mass is 32.2. The SMILES string of the molecule is CC(C)(C)n1cc(-c2cnc3c(c2)c(B2OC(C)(C)C(C)(C)O2)cn3S(=O)(=O)c2ccccc2)cn1. The van der Waals surface area contributed by atoms with Crippen LogP contribution in [0.1, 0.15) is 48.5 Å². The van der Waals surface area contributed by atoms with Crippen molar-refractivity contribution in [1.29, 1.82) is 0 Å². The number of nitrogens with zero attached hydrogens (tertiary/aromatic N) is 4. The van der Waals surface area contributed by atoms with Crippen molar-refractivity contribution < 1.29 is 17.7 Å². The van der Waals surface area contributed by atoms with Gasteiger partial charge in [-0.2, -0.15) is 5.10 Å². The van der Waals surface area contributed by atoms with Crippen LogP contribution in [0.4, 0.5) is 0 Å². The smallest absolute Gasteiger partial charge is 0.399 e. The van der Waals surface area contributed by atoms with Crippen LogP contribution >= 0.6 is 0 Å². The maximum absolute atomic E-state index is 13.6. The minimum absolute atomic E-state index is 0.170. The van der Waals surface area contributed by atoms with Gasteiger partial charge >= 0.3 is 7.12 Å². The molecule has 1 aromatic carbocycles. The van der Waals surface area contributed by atoms with E-state index in [4.69, 9.17) is 9.31 Å². The Morgan fingerprint density at radius 3 is 2.14 bits per heavy atom. The van der Waals surface area contributed by atoms with Crippen molar-refractivity contribution in [2.24, 2.45) is 0 Å². The lowest BCUT2D eigenvalue weighted by Gasteiger charge is -2.32. The first-order valence-electron chi connectivity index (χ1n) is 11.9. The summed E-state index contributed by atoms with van der Waals surface area (Å²) in [6, 6.07) is 10.3. The van der Waals surface area contributed by atoms with Crippen LogP contribution in [0.2, 0.25) is 0 Å². The van der Waals surface area contributed by atoms with Crippen LogP contribution in [0.25, 0.3) is 22.2 Å². The van der Waals surface area contributed by atoms with E-state index in [1.165, 1.54) is 3.97 Å². The Labute approximate surface area is 212 Å². The quantitative estimate of drug-likeness (QED) is 0.386. The zero-order valence-corrected chi connectivity index (χ0v) is 22.5. The lowest BCUT2D eigenvalue weighted by molar-refractivity contribution is 0.00578. The molecule has 1 saturated heterocycles. The molecule has 1 aliphatic rings. The highest BCUT2D eigenvalue weighted by molar-refractivity contribution is 7.90. The summed E-state index contributed by atoms with van der Waals surface area (Å²) >= 11 is 0. The molecule has 0 amide bonds. The number of hydrogen-bond donors (Lipinski definition) is 0. The molecule has 36 heavy (non-hydrogen) atoms. The van der Waals surface area contributed by atoms with E-state index >= 15 is 0 Å². The molecule has 5 rings (SSSR count). The Bertz CT molecular complexity index is 1530. The molecular formula is C26H31BN4O4S. The van der Waals surface area contributed by atoms with Gasteiger partial charge in [0.15, 0.2) is 5.65 Å². The van der Waals surface area contributed by atoms with Crippen LogP contribution in [-0.4, -0.2) is 45.5 Å². The monoisotopic (exact) mass is 506 g/mol. The zero-order valence-electron chi connectivity index (χ0n) is 21.7. The van der Waals surface area contributed by atoms with Crippen molar-refractivity contribution >= 4 is 33.6 Å². The van der Waals surface area contributed by atoms with Gasteiger partial charge in [0.2, 0.25) is 0 Å². The first-order valence-corrected chi connectivity index (χ1v) is 13.4. The van der Waals surface area contributed by atoms with Gasteiger partial charge in [-0.3, -0.25) is 4.68 Å². The van der Waals surface area contributed by atoms with Gasteiger partial charge in [0.05, 0.1) is 27.8 Å². The summed E-state index contributed by atoms with van der Waals surface area (Å²) in [6.45, 7) is 14.1. The third kappa shape index (κ3) is 3.97. The van der Waals surface area contributed by atoms with E-state index in [0.29, 0.717) is 16.5 Å². The van der Waals surface area contributed by atoms with Crippen molar-refractivity contribution in [3.63, 3.8) is 0 Å². The lowest BCUT2D eigenvalue weighted by atomic mass is 9.79. The Hall–Kier alpha value is -2.95. The average molecular weight is 506 g/mol. The summed E-state index contributed by atoms with van der Waals surface area (Å²) < 4.78 is 43.0. The molecule has 1 fully saturated rings. The molecule has 4 aromatic rings. The van der Waals surface area contributed by atoms with Crippen molar-refractivity contribution in [2.75, 3.05) is 0 Å². The van der Waals surface area contributed by atoms with Gasteiger partial charge in [-0.15, -0.1) is 0 Å². The Morgan fingerprint density at radius 2 is 1.56 bits per heavy atom. The van der Waals surface area contributed by atoms with Crippen LogP contribution in [-0.2, 0) is 24.9 Å². The van der Waals surface area contributed by atoms with Crippen molar-refractivity contribution in [2.45, 2.75) is 70.1 Å². The summed E-state index contributed by atoms with van der Waals surface area (Å²) in [7, 11) is -4.65. The summed E-state index contributed by atoms with van der Waals surface area (Å²) in [6.07, 6.45) is 7.01. The maximum atomic E-state index is 13.6. The second-order valence-corrected chi connectivity index (χ2v) is 13.0. The number of rotatable bonds is 4. The molecule has 0 bridgehead atoms. The van der Waals surface area contributed by atoms with E-state index in [9.17, 15) is 8.42 Å². The van der Waals surface area contributed by atoms with Crippen LogP contribution < -0.4 is 5.46 Å². The predicted molar refractivity (Wildman–Crippen MR) is 141 cm³/mol. The number of pyridine rings is 1. The summed E-state index contributed by atoms with van der Waals surface area (Å²) in [4.78, 5) is 4.80. The average Bonchev–Trinajstić information content (AvgIpc) is 3.48. The molecule has 188 valence electrons. The normalized spacial score (nSPS) is 17.7. The van der Waals surface area contributed by atoms with Gasteiger partial charge in [0.25, 0.3) is 10.0 Å². The second-order valence-electron chi connectivity index (χ2n) is 11.2. The summed E-state index contributed by atoms with van der Waals surface area (Å²) in [5, 5.41) is 5.15. The third-order valence-corrected chi connectivity index (χ3v) is 8.72. The van der Waals surface area contributed by atoms with Crippen molar-refractivity contribution in [3.8, 4) is 11.1 Å². The lowest BCUT2D eigenvalue weighted by Crippen LogP contribution is -2.41. The molecular weight excluding hydrogens is 475 g/mol. The maximum Gasteiger partial charge on any atom is 0.497 e. The van der Waals surface area contributed by atoms with Crippen LogP contribution in [0.15, 0.2) is 66.1 Å². The number of fused-ring (bicyclic) bond motifs is 1. The highest BCUT2D eigenvalue weighted by Crippen LogP contribution is 2.37. The van der Waals surface area contributed by atoms with Crippen LogP contribution in [0.3, 0.4) is 0 Å². The van der Waals surface area contributed by atoms with Gasteiger partial charge in [0.1, 0.15) is 0 Å². The largest absolute Gasteiger partial charge is 0.497 e. The summed E-state index contributed by atoms with van der Waals surface area (Å²) in [5.74, 6) is 0. The fraction of sp³-hybridized carbons (Fsp3) is 0.385. The molecule has 0 radical (unpaired) electrons. The molecule has 0 spiro atoms. The van der Waals surface area contributed by atoms with E-state index in [2.05, 4.69) is 30.9 Å². The fourth-order valence-corrected chi connectivity index (χ4v) is 5.50. The molecule has 0 N–H and O–H groups in total. The Kier molecular flexibility index (Phi) is 5.52. The van der Waals surface area contributed by atoms with Crippen LogP contribution in [0.5, 0.6) is 0 Å². The highest BCUT2D eigenvalue weighted by Gasteiger charge is 2.52. The molecule has 4 heterocycles. The Morgan fingerprint density at radius 1 is 0.917 bits per heavy atom. The molecule has 8 nitrogen and oxygen atoms in total. The van der Waals surface area contributed by atoms with E-state index in [-0.39, 0.29) is 10.4 Å².